The molecule has 158 valence electrons. The molecule has 6 heteroatoms. The quantitative estimate of drug-likeness (QED) is 0.592. The van der Waals surface area contributed by atoms with E-state index in [1.807, 2.05) is 18.2 Å². The number of benzene rings is 2. The molecule has 1 N–H and O–H groups in total. The molecule has 0 radical (unpaired) electrons. The molecule has 30 heavy (non-hydrogen) atoms. The van der Waals surface area contributed by atoms with E-state index < -0.39 is 0 Å². The van der Waals surface area contributed by atoms with Crippen LogP contribution in [0, 0.1) is 6.92 Å². The minimum absolute atomic E-state index is 0.112. The first-order valence-electron chi connectivity index (χ1n) is 10.7. The number of carbonyl (C=O) groups excluding carboxylic acids is 1. The lowest BCUT2D eigenvalue weighted by atomic mass is 10.0. The Hall–Kier alpha value is -2.28. The molecule has 2 heterocycles. The molecule has 1 amide bonds. The largest absolute Gasteiger partial charge is 0.379 e. The molecule has 4 rings (SSSR count). The second kappa shape index (κ2) is 10.2. The van der Waals surface area contributed by atoms with Gasteiger partial charge in [0.15, 0.2) is 0 Å². The topological polar surface area (TPSA) is 54.5 Å². The maximum atomic E-state index is 12.5. The highest BCUT2D eigenvalue weighted by Gasteiger charge is 2.23. The number of nitrogens with zero attached hydrogens (tertiary/aromatic N) is 2. The molecule has 5 nitrogen and oxygen atoms in total. The first kappa shape index (κ1) is 21.0. The summed E-state index contributed by atoms with van der Waals surface area (Å²) in [6.07, 6.45) is 2.19. The van der Waals surface area contributed by atoms with E-state index in [1.165, 1.54) is 15.8 Å². The van der Waals surface area contributed by atoms with Crippen LogP contribution in [-0.4, -0.2) is 48.6 Å². The van der Waals surface area contributed by atoms with Crippen molar-refractivity contribution in [2.45, 2.75) is 32.2 Å². The van der Waals surface area contributed by atoms with Gasteiger partial charge in [0.05, 0.1) is 34.5 Å². The Morgan fingerprint density at radius 3 is 2.70 bits per heavy atom. The van der Waals surface area contributed by atoms with Crippen molar-refractivity contribution in [3.63, 3.8) is 0 Å². The molecule has 0 bridgehead atoms. The van der Waals surface area contributed by atoms with Crippen molar-refractivity contribution in [1.82, 2.24) is 15.2 Å². The van der Waals surface area contributed by atoms with E-state index in [0.717, 1.165) is 49.7 Å². The van der Waals surface area contributed by atoms with Gasteiger partial charge in [0.25, 0.3) is 0 Å². The predicted molar refractivity (Wildman–Crippen MR) is 122 cm³/mol. The minimum Gasteiger partial charge on any atom is -0.379 e. The van der Waals surface area contributed by atoms with Gasteiger partial charge in [-0.1, -0.05) is 42.0 Å². The smallest absolute Gasteiger partial charge is 0.220 e. The number of amides is 1. The summed E-state index contributed by atoms with van der Waals surface area (Å²) in [5.41, 5.74) is 3.55. The molecule has 1 aromatic heterocycles. The summed E-state index contributed by atoms with van der Waals surface area (Å²) < 4.78 is 6.72. The van der Waals surface area contributed by atoms with Gasteiger partial charge in [-0.3, -0.25) is 9.69 Å². The second-order valence-corrected chi connectivity index (χ2v) is 8.92. The van der Waals surface area contributed by atoms with Gasteiger partial charge in [0.1, 0.15) is 0 Å². The van der Waals surface area contributed by atoms with Gasteiger partial charge in [-0.25, -0.2) is 4.98 Å². The van der Waals surface area contributed by atoms with Gasteiger partial charge in [-0.2, -0.15) is 0 Å². The molecule has 0 spiro atoms. The molecule has 1 fully saturated rings. The molecule has 1 aliphatic rings. The number of thiazole rings is 1. The fourth-order valence-corrected chi connectivity index (χ4v) is 4.87. The zero-order valence-corrected chi connectivity index (χ0v) is 18.3. The molecule has 0 saturated carbocycles. The Morgan fingerprint density at radius 2 is 1.93 bits per heavy atom. The normalized spacial score (nSPS) is 15.9. The maximum absolute atomic E-state index is 12.5. The van der Waals surface area contributed by atoms with Gasteiger partial charge in [0, 0.05) is 26.1 Å². The van der Waals surface area contributed by atoms with Crippen LogP contribution in [0.5, 0.6) is 0 Å². The Bertz CT molecular complexity index is 931. The maximum Gasteiger partial charge on any atom is 0.220 e. The van der Waals surface area contributed by atoms with Crippen LogP contribution < -0.4 is 5.32 Å². The van der Waals surface area contributed by atoms with Crippen molar-refractivity contribution in [1.29, 1.82) is 0 Å². The number of nitrogens with one attached hydrogen (secondary N) is 1. The SMILES string of the molecule is Cc1ccc(C(CNC(=O)CCCc2nc3ccccc3s2)N2CCOCC2)cc1. The lowest BCUT2D eigenvalue weighted by molar-refractivity contribution is -0.121. The van der Waals surface area contributed by atoms with Crippen molar-refractivity contribution in [2.75, 3.05) is 32.8 Å². The van der Waals surface area contributed by atoms with Crippen molar-refractivity contribution in [2.24, 2.45) is 0 Å². The number of morpholine rings is 1. The van der Waals surface area contributed by atoms with Gasteiger partial charge < -0.3 is 10.1 Å². The van der Waals surface area contributed by atoms with Crippen LogP contribution in [0.3, 0.4) is 0 Å². The lowest BCUT2D eigenvalue weighted by Crippen LogP contribution is -2.43. The fraction of sp³-hybridized carbons (Fsp3) is 0.417. The number of carbonyl (C=O) groups is 1. The van der Waals surface area contributed by atoms with Gasteiger partial charge >= 0.3 is 0 Å². The number of aromatic nitrogens is 1. The highest BCUT2D eigenvalue weighted by Crippen LogP contribution is 2.23. The summed E-state index contributed by atoms with van der Waals surface area (Å²) in [5.74, 6) is 0.112. The molecule has 0 aliphatic carbocycles. The third-order valence-electron chi connectivity index (χ3n) is 5.57. The van der Waals surface area contributed by atoms with E-state index >= 15 is 0 Å². The number of hydrogen-bond acceptors (Lipinski definition) is 5. The summed E-state index contributed by atoms with van der Waals surface area (Å²) in [5, 5.41) is 4.27. The Kier molecular flexibility index (Phi) is 7.10. The van der Waals surface area contributed by atoms with Gasteiger partial charge in [-0.05, 0) is 37.5 Å². The Morgan fingerprint density at radius 1 is 1.17 bits per heavy atom. The molecule has 2 aromatic carbocycles. The summed E-state index contributed by atoms with van der Waals surface area (Å²) in [4.78, 5) is 19.6. The van der Waals surface area contributed by atoms with Crippen LogP contribution in [-0.2, 0) is 16.0 Å². The molecule has 1 saturated heterocycles. The number of para-hydroxylation sites is 1. The zero-order chi connectivity index (χ0) is 20.8. The van der Waals surface area contributed by atoms with Gasteiger partial charge in [0.2, 0.25) is 5.91 Å². The van der Waals surface area contributed by atoms with Crippen LogP contribution in [0.25, 0.3) is 10.2 Å². The van der Waals surface area contributed by atoms with E-state index in [2.05, 4.69) is 52.5 Å². The van der Waals surface area contributed by atoms with Crippen LogP contribution in [0.1, 0.15) is 35.0 Å². The monoisotopic (exact) mass is 423 g/mol. The third kappa shape index (κ3) is 5.45. The van der Waals surface area contributed by atoms with E-state index in [9.17, 15) is 4.79 Å². The molecular formula is C24H29N3O2S. The van der Waals surface area contributed by atoms with Crippen molar-refractivity contribution in [3.05, 3.63) is 64.7 Å². The van der Waals surface area contributed by atoms with E-state index in [-0.39, 0.29) is 11.9 Å². The van der Waals surface area contributed by atoms with E-state index in [1.54, 1.807) is 11.3 Å². The first-order valence-corrected chi connectivity index (χ1v) is 11.5. The average Bonchev–Trinajstić information content (AvgIpc) is 3.19. The molecular weight excluding hydrogens is 394 g/mol. The van der Waals surface area contributed by atoms with E-state index in [0.29, 0.717) is 13.0 Å². The van der Waals surface area contributed by atoms with Crippen LogP contribution in [0.2, 0.25) is 0 Å². The Labute approximate surface area is 182 Å². The number of fused-ring (bicyclic) bond motifs is 1. The number of aryl methyl sites for hydroxylation is 2. The highest BCUT2D eigenvalue weighted by molar-refractivity contribution is 7.18. The first-order chi connectivity index (χ1) is 14.7. The van der Waals surface area contributed by atoms with Crippen LogP contribution in [0.4, 0.5) is 0 Å². The van der Waals surface area contributed by atoms with Crippen molar-refractivity contribution >= 4 is 27.5 Å². The summed E-state index contributed by atoms with van der Waals surface area (Å²) in [7, 11) is 0. The summed E-state index contributed by atoms with van der Waals surface area (Å²) in [6, 6.07) is 17.0. The minimum atomic E-state index is 0.112. The Balaban J connectivity index is 1.29. The van der Waals surface area contributed by atoms with Crippen LogP contribution >= 0.6 is 11.3 Å². The van der Waals surface area contributed by atoms with Gasteiger partial charge in [-0.15, -0.1) is 11.3 Å². The predicted octanol–water partition coefficient (Wildman–Crippen LogP) is 4.12. The summed E-state index contributed by atoms with van der Waals surface area (Å²) >= 11 is 1.72. The number of ether oxygens (including phenoxy) is 1. The molecule has 1 aliphatic heterocycles. The van der Waals surface area contributed by atoms with Crippen LogP contribution in [0.15, 0.2) is 48.5 Å². The molecule has 3 aromatic rings. The molecule has 1 unspecified atom stereocenters. The summed E-state index contributed by atoms with van der Waals surface area (Å²) in [6.45, 7) is 6.01. The second-order valence-electron chi connectivity index (χ2n) is 7.81. The third-order valence-corrected chi connectivity index (χ3v) is 6.67. The number of hydrogen-bond donors (Lipinski definition) is 1. The van der Waals surface area contributed by atoms with Crippen molar-refractivity contribution in [3.8, 4) is 0 Å². The molecule has 1 atom stereocenters. The zero-order valence-electron chi connectivity index (χ0n) is 17.5. The fourth-order valence-electron chi connectivity index (χ4n) is 3.86. The van der Waals surface area contributed by atoms with E-state index in [4.69, 9.17) is 4.74 Å². The van der Waals surface area contributed by atoms with Crippen molar-refractivity contribution < 1.29 is 9.53 Å². The average molecular weight is 424 g/mol. The standard InChI is InChI=1S/C24H29N3O2S/c1-18-9-11-19(12-10-18)21(27-13-15-29-16-14-27)17-25-23(28)7-4-8-24-26-20-5-2-3-6-22(20)30-24/h2-3,5-6,9-12,21H,4,7-8,13-17H2,1H3,(H,25,28). The lowest BCUT2D eigenvalue weighted by Gasteiger charge is -2.35. The number of rotatable bonds is 8. The highest BCUT2D eigenvalue weighted by atomic mass is 32.1.